The molecule has 0 radical (unpaired) electrons. The molecule has 0 saturated carbocycles. The molecule has 0 saturated heterocycles. The maximum Gasteiger partial charge on any atom is 0.287 e. The van der Waals surface area contributed by atoms with Crippen LogP contribution in [-0.2, 0) is 10.1 Å². The van der Waals surface area contributed by atoms with Crippen LogP contribution in [0, 0.1) is 0 Å². The van der Waals surface area contributed by atoms with Crippen molar-refractivity contribution in [2.75, 3.05) is 0 Å². The van der Waals surface area contributed by atoms with E-state index in [1.807, 2.05) is 0 Å². The largest absolute Gasteiger partial charge is 0.287 e. The van der Waals surface area contributed by atoms with Gasteiger partial charge in [-0.15, -0.1) is 0 Å². The molecule has 0 aliphatic carbocycles. The van der Waals surface area contributed by atoms with Crippen LogP contribution in [0.4, 0.5) is 0 Å². The average Bonchev–Trinajstić information content (AvgIpc) is 2.49. The summed E-state index contributed by atoms with van der Waals surface area (Å²) in [6.07, 6.45) is 22.2. The monoisotopic (exact) mass is 346 g/mol. The van der Waals surface area contributed by atoms with E-state index in [2.05, 4.69) is 6.92 Å². The van der Waals surface area contributed by atoms with Crippen molar-refractivity contribution in [3.05, 3.63) is 11.5 Å². The summed E-state index contributed by atoms with van der Waals surface area (Å²) in [5.74, 6) is 0. The van der Waals surface area contributed by atoms with E-state index in [0.717, 1.165) is 24.7 Å². The standard InChI is InChI=1S/C19H38O3S/c1-2-3-4-5-6-7-8-9-10-11-12-13-14-15-16-17-18-19-23(20,21)22/h18-19H,2-17H2,1H3,(H,20,21,22)/b19-18+. The Morgan fingerprint density at radius 2 is 1.00 bits per heavy atom. The van der Waals surface area contributed by atoms with Crippen molar-refractivity contribution in [2.24, 2.45) is 0 Å². The van der Waals surface area contributed by atoms with Crippen molar-refractivity contribution in [3.63, 3.8) is 0 Å². The highest BCUT2D eigenvalue weighted by Crippen LogP contribution is 2.13. The van der Waals surface area contributed by atoms with Gasteiger partial charge in [-0.1, -0.05) is 103 Å². The van der Waals surface area contributed by atoms with Crippen LogP contribution in [0.5, 0.6) is 0 Å². The summed E-state index contributed by atoms with van der Waals surface area (Å²) < 4.78 is 29.4. The Bertz CT molecular complexity index is 361. The lowest BCUT2D eigenvalue weighted by Crippen LogP contribution is -1.89. The zero-order valence-electron chi connectivity index (χ0n) is 15.1. The zero-order valence-corrected chi connectivity index (χ0v) is 16.0. The van der Waals surface area contributed by atoms with Gasteiger partial charge in [0.25, 0.3) is 10.1 Å². The quantitative estimate of drug-likeness (QED) is 0.237. The lowest BCUT2D eigenvalue weighted by atomic mass is 10.0. The number of allylic oxidation sites excluding steroid dienone is 1. The van der Waals surface area contributed by atoms with Crippen LogP contribution < -0.4 is 0 Å². The smallest absolute Gasteiger partial charge is 0.282 e. The molecule has 0 amide bonds. The van der Waals surface area contributed by atoms with Gasteiger partial charge in [0, 0.05) is 0 Å². The lowest BCUT2D eigenvalue weighted by Gasteiger charge is -2.03. The van der Waals surface area contributed by atoms with Gasteiger partial charge < -0.3 is 0 Å². The molecular weight excluding hydrogens is 308 g/mol. The molecule has 23 heavy (non-hydrogen) atoms. The van der Waals surface area contributed by atoms with Gasteiger partial charge in [-0.2, -0.15) is 8.42 Å². The Hall–Kier alpha value is -0.350. The fraction of sp³-hybridized carbons (Fsp3) is 0.895. The van der Waals surface area contributed by atoms with Crippen LogP contribution in [0.2, 0.25) is 0 Å². The van der Waals surface area contributed by atoms with Gasteiger partial charge in [-0.3, -0.25) is 4.55 Å². The summed E-state index contributed by atoms with van der Waals surface area (Å²) in [4.78, 5) is 0. The summed E-state index contributed by atoms with van der Waals surface area (Å²) in [5.41, 5.74) is 0. The first-order valence-corrected chi connectivity index (χ1v) is 11.2. The van der Waals surface area contributed by atoms with E-state index in [1.54, 1.807) is 0 Å². The maximum absolute atomic E-state index is 10.5. The van der Waals surface area contributed by atoms with E-state index >= 15 is 0 Å². The Morgan fingerprint density at radius 3 is 1.35 bits per heavy atom. The predicted molar refractivity (Wildman–Crippen MR) is 100 cm³/mol. The molecule has 0 aliphatic heterocycles. The second kappa shape index (κ2) is 16.5. The minimum absolute atomic E-state index is 0.734. The molecule has 0 aromatic heterocycles. The normalized spacial score (nSPS) is 12.3. The van der Waals surface area contributed by atoms with Crippen molar-refractivity contribution in [1.29, 1.82) is 0 Å². The molecule has 0 aliphatic rings. The van der Waals surface area contributed by atoms with Crippen LogP contribution in [-0.4, -0.2) is 13.0 Å². The SMILES string of the molecule is CCCCCCCCCCCCCCCCC/C=C/S(=O)(=O)O. The van der Waals surface area contributed by atoms with Crippen LogP contribution in [0.25, 0.3) is 0 Å². The van der Waals surface area contributed by atoms with Gasteiger partial charge >= 0.3 is 0 Å². The zero-order chi connectivity index (χ0) is 17.2. The topological polar surface area (TPSA) is 54.4 Å². The number of unbranched alkanes of at least 4 members (excludes halogenated alkanes) is 15. The van der Waals surface area contributed by atoms with Crippen molar-refractivity contribution >= 4 is 10.1 Å². The Kier molecular flexibility index (Phi) is 16.3. The van der Waals surface area contributed by atoms with E-state index in [0.29, 0.717) is 0 Å². The molecule has 0 rings (SSSR count). The Morgan fingerprint density at radius 1 is 0.652 bits per heavy atom. The summed E-state index contributed by atoms with van der Waals surface area (Å²) in [5, 5.41) is 0.886. The van der Waals surface area contributed by atoms with E-state index in [4.69, 9.17) is 4.55 Å². The second-order valence-electron chi connectivity index (χ2n) is 6.63. The first-order chi connectivity index (χ1) is 11.1. The fourth-order valence-corrected chi connectivity index (χ4v) is 3.20. The molecule has 0 aromatic carbocycles. The molecule has 1 N–H and O–H groups in total. The summed E-state index contributed by atoms with van der Waals surface area (Å²) in [7, 11) is -3.93. The van der Waals surface area contributed by atoms with Gasteiger partial charge in [0.2, 0.25) is 0 Å². The highest BCUT2D eigenvalue weighted by Gasteiger charge is 1.95. The van der Waals surface area contributed by atoms with Crippen molar-refractivity contribution in [1.82, 2.24) is 0 Å². The molecule has 4 heteroatoms. The summed E-state index contributed by atoms with van der Waals surface area (Å²) in [6.45, 7) is 2.26. The van der Waals surface area contributed by atoms with Gasteiger partial charge in [0.1, 0.15) is 0 Å². The number of hydrogen-bond donors (Lipinski definition) is 1. The third-order valence-corrected chi connectivity index (χ3v) is 4.78. The summed E-state index contributed by atoms with van der Waals surface area (Å²) >= 11 is 0. The van der Waals surface area contributed by atoms with Crippen LogP contribution in [0.15, 0.2) is 11.5 Å². The first-order valence-electron chi connectivity index (χ1n) is 9.70. The predicted octanol–water partition coefficient (Wildman–Crippen LogP) is 6.65. The summed E-state index contributed by atoms with van der Waals surface area (Å²) in [6, 6.07) is 0. The van der Waals surface area contributed by atoms with E-state index in [1.165, 1.54) is 89.5 Å². The highest BCUT2D eigenvalue weighted by atomic mass is 32.2. The maximum atomic E-state index is 10.5. The molecule has 0 bridgehead atoms. The highest BCUT2D eigenvalue weighted by molar-refractivity contribution is 7.88. The van der Waals surface area contributed by atoms with Crippen LogP contribution in [0.1, 0.15) is 110 Å². The van der Waals surface area contributed by atoms with E-state index < -0.39 is 10.1 Å². The molecule has 0 spiro atoms. The Labute approximate surface area is 144 Å². The molecule has 0 fully saturated rings. The van der Waals surface area contributed by atoms with Gasteiger partial charge in [0.15, 0.2) is 0 Å². The van der Waals surface area contributed by atoms with Crippen molar-refractivity contribution < 1.29 is 13.0 Å². The van der Waals surface area contributed by atoms with Crippen LogP contribution >= 0.6 is 0 Å². The molecule has 0 aromatic rings. The molecule has 138 valence electrons. The number of rotatable bonds is 17. The second-order valence-corrected chi connectivity index (χ2v) is 7.93. The molecule has 0 heterocycles. The third kappa shape index (κ3) is 21.6. The molecular formula is C19H38O3S. The first kappa shape index (κ1) is 22.6. The fourth-order valence-electron chi connectivity index (χ4n) is 2.82. The lowest BCUT2D eigenvalue weighted by molar-refractivity contribution is 0.494. The average molecular weight is 347 g/mol. The van der Waals surface area contributed by atoms with Crippen LogP contribution in [0.3, 0.4) is 0 Å². The van der Waals surface area contributed by atoms with Gasteiger partial charge in [0.05, 0.1) is 5.41 Å². The molecule has 0 unspecified atom stereocenters. The third-order valence-electron chi connectivity index (χ3n) is 4.24. The van der Waals surface area contributed by atoms with Gasteiger partial charge in [-0.05, 0) is 12.8 Å². The minimum atomic E-state index is -3.93. The van der Waals surface area contributed by atoms with E-state index in [9.17, 15) is 8.42 Å². The van der Waals surface area contributed by atoms with Crippen molar-refractivity contribution in [2.45, 2.75) is 110 Å². The molecule has 0 atom stereocenters. The van der Waals surface area contributed by atoms with Crippen molar-refractivity contribution in [3.8, 4) is 0 Å². The Balaban J connectivity index is 3.09. The number of hydrogen-bond acceptors (Lipinski definition) is 2. The van der Waals surface area contributed by atoms with E-state index in [-0.39, 0.29) is 0 Å². The molecule has 3 nitrogen and oxygen atoms in total. The van der Waals surface area contributed by atoms with Gasteiger partial charge in [-0.25, -0.2) is 0 Å². The minimum Gasteiger partial charge on any atom is -0.282 e.